The van der Waals surface area contributed by atoms with Gasteiger partial charge in [0.15, 0.2) is 0 Å². The van der Waals surface area contributed by atoms with E-state index in [1.165, 1.54) is 11.4 Å². The van der Waals surface area contributed by atoms with E-state index in [9.17, 15) is 13.2 Å². The largest absolute Gasteiger partial charge is 0.358 e. The third kappa shape index (κ3) is 2.48. The Labute approximate surface area is 130 Å². The Morgan fingerprint density at radius 1 is 1.18 bits per heavy atom. The monoisotopic (exact) mass is 318 g/mol. The third-order valence-corrected chi connectivity index (χ3v) is 5.98. The Morgan fingerprint density at radius 2 is 1.91 bits per heavy atom. The van der Waals surface area contributed by atoms with Crippen LogP contribution in [-0.4, -0.2) is 38.3 Å². The van der Waals surface area contributed by atoms with Gasteiger partial charge in [-0.1, -0.05) is 30.3 Å². The summed E-state index contributed by atoms with van der Waals surface area (Å²) in [7, 11) is -2.13. The number of carbonyl (C=O) groups is 1. The molecule has 1 aliphatic heterocycles. The first kappa shape index (κ1) is 15.0. The summed E-state index contributed by atoms with van der Waals surface area (Å²) in [5.41, 5.74) is 0. The summed E-state index contributed by atoms with van der Waals surface area (Å²) >= 11 is 0. The van der Waals surface area contributed by atoms with Gasteiger partial charge in [-0.3, -0.25) is 4.79 Å². The molecule has 1 unspecified atom stereocenters. The van der Waals surface area contributed by atoms with Crippen molar-refractivity contribution in [2.75, 3.05) is 13.6 Å². The summed E-state index contributed by atoms with van der Waals surface area (Å²) in [5.74, 6) is -0.248. The smallest absolute Gasteiger partial charge is 0.243 e. The second-order valence-corrected chi connectivity index (χ2v) is 7.29. The van der Waals surface area contributed by atoms with Gasteiger partial charge in [0, 0.05) is 13.6 Å². The van der Waals surface area contributed by atoms with Crippen LogP contribution < -0.4 is 5.32 Å². The average molecular weight is 318 g/mol. The lowest BCUT2D eigenvalue weighted by molar-refractivity contribution is -0.123. The molecule has 0 aromatic heterocycles. The fourth-order valence-corrected chi connectivity index (χ4v) is 4.61. The summed E-state index contributed by atoms with van der Waals surface area (Å²) in [4.78, 5) is 12.1. The molecule has 3 rings (SSSR count). The Hall–Kier alpha value is -1.92. The van der Waals surface area contributed by atoms with Gasteiger partial charge in [0.25, 0.3) is 0 Å². The van der Waals surface area contributed by atoms with Crippen LogP contribution >= 0.6 is 0 Å². The van der Waals surface area contributed by atoms with E-state index in [0.29, 0.717) is 19.4 Å². The van der Waals surface area contributed by atoms with Crippen molar-refractivity contribution in [1.82, 2.24) is 9.62 Å². The summed E-state index contributed by atoms with van der Waals surface area (Å²) in [6.07, 6.45) is 1.26. The van der Waals surface area contributed by atoms with Crippen molar-refractivity contribution in [1.29, 1.82) is 0 Å². The van der Waals surface area contributed by atoms with E-state index in [1.54, 1.807) is 18.2 Å². The first-order valence-electron chi connectivity index (χ1n) is 7.26. The lowest BCUT2D eigenvalue weighted by Crippen LogP contribution is -2.44. The number of likely N-dealkylation sites (N-methyl/N-ethyl adjacent to an activating group) is 1. The molecule has 0 saturated carbocycles. The third-order valence-electron chi connectivity index (χ3n) is 4.08. The highest BCUT2D eigenvalue weighted by molar-refractivity contribution is 7.89. The highest BCUT2D eigenvalue weighted by Crippen LogP contribution is 2.28. The van der Waals surface area contributed by atoms with Gasteiger partial charge in [-0.05, 0) is 35.7 Å². The minimum absolute atomic E-state index is 0.238. The number of fused-ring (bicyclic) bond motifs is 1. The van der Waals surface area contributed by atoms with Crippen LogP contribution in [0.2, 0.25) is 0 Å². The van der Waals surface area contributed by atoms with Crippen molar-refractivity contribution in [3.63, 3.8) is 0 Å². The molecule has 5 nitrogen and oxygen atoms in total. The normalized spacial score (nSPS) is 19.4. The number of carbonyl (C=O) groups excluding carboxylic acids is 1. The maximum absolute atomic E-state index is 12.9. The predicted octanol–water partition coefficient (Wildman–Crippen LogP) is 1.74. The molecule has 22 heavy (non-hydrogen) atoms. The predicted molar refractivity (Wildman–Crippen MR) is 84.9 cm³/mol. The minimum atomic E-state index is -3.66. The number of benzene rings is 2. The molecular formula is C16H18N2O3S. The van der Waals surface area contributed by atoms with E-state index in [4.69, 9.17) is 0 Å². The molecule has 1 fully saturated rings. The van der Waals surface area contributed by atoms with Gasteiger partial charge in [0.2, 0.25) is 15.9 Å². The van der Waals surface area contributed by atoms with Gasteiger partial charge < -0.3 is 5.32 Å². The number of amides is 1. The van der Waals surface area contributed by atoms with Crippen LogP contribution in [0.3, 0.4) is 0 Å². The van der Waals surface area contributed by atoms with Gasteiger partial charge in [-0.25, -0.2) is 8.42 Å². The zero-order valence-electron chi connectivity index (χ0n) is 12.3. The Bertz CT molecular complexity index is 817. The fraction of sp³-hybridized carbons (Fsp3) is 0.312. The van der Waals surface area contributed by atoms with Crippen LogP contribution in [0.25, 0.3) is 10.8 Å². The van der Waals surface area contributed by atoms with Gasteiger partial charge in [-0.2, -0.15) is 4.31 Å². The van der Waals surface area contributed by atoms with Crippen LogP contribution in [0.1, 0.15) is 12.8 Å². The number of nitrogens with zero attached hydrogens (tertiary/aromatic N) is 1. The van der Waals surface area contributed by atoms with Crippen LogP contribution in [0.15, 0.2) is 47.4 Å². The number of hydrogen-bond acceptors (Lipinski definition) is 3. The molecule has 0 spiro atoms. The lowest BCUT2D eigenvalue weighted by atomic mass is 10.1. The zero-order valence-corrected chi connectivity index (χ0v) is 13.1. The molecule has 0 radical (unpaired) electrons. The molecule has 1 aliphatic rings. The Kier molecular flexibility index (Phi) is 3.88. The summed E-state index contributed by atoms with van der Waals surface area (Å²) < 4.78 is 27.0. The summed E-state index contributed by atoms with van der Waals surface area (Å²) in [6.45, 7) is 0.382. The second kappa shape index (κ2) is 5.70. The van der Waals surface area contributed by atoms with Crippen molar-refractivity contribution in [3.8, 4) is 0 Å². The number of rotatable bonds is 3. The van der Waals surface area contributed by atoms with E-state index < -0.39 is 16.1 Å². The standard InChI is InChI=1S/C16H18N2O3S/c1-17-16(19)15-7-4-10-18(15)22(20,21)14-9-8-12-5-2-3-6-13(12)11-14/h2-3,5-6,8-9,11,15H,4,7,10H2,1H3,(H,17,19). The van der Waals surface area contributed by atoms with Crippen LogP contribution in [0.4, 0.5) is 0 Å². The van der Waals surface area contributed by atoms with Crippen molar-refractivity contribution >= 4 is 26.7 Å². The second-order valence-electron chi connectivity index (χ2n) is 5.40. The van der Waals surface area contributed by atoms with Crippen LogP contribution in [0.5, 0.6) is 0 Å². The van der Waals surface area contributed by atoms with E-state index in [2.05, 4.69) is 5.32 Å². The van der Waals surface area contributed by atoms with Crippen molar-refractivity contribution in [2.24, 2.45) is 0 Å². The number of nitrogens with one attached hydrogen (secondary N) is 1. The Morgan fingerprint density at radius 3 is 2.64 bits per heavy atom. The molecule has 1 atom stereocenters. The molecule has 0 bridgehead atoms. The van der Waals surface area contributed by atoms with E-state index in [-0.39, 0.29) is 10.8 Å². The number of hydrogen-bond donors (Lipinski definition) is 1. The Balaban J connectivity index is 2.02. The van der Waals surface area contributed by atoms with E-state index in [0.717, 1.165) is 10.8 Å². The molecule has 6 heteroatoms. The maximum Gasteiger partial charge on any atom is 0.243 e. The molecule has 1 saturated heterocycles. The highest BCUT2D eigenvalue weighted by Gasteiger charge is 2.38. The van der Waals surface area contributed by atoms with Gasteiger partial charge in [0.1, 0.15) is 6.04 Å². The molecular weight excluding hydrogens is 300 g/mol. The molecule has 0 aliphatic carbocycles. The highest BCUT2D eigenvalue weighted by atomic mass is 32.2. The van der Waals surface area contributed by atoms with Crippen LogP contribution in [-0.2, 0) is 14.8 Å². The SMILES string of the molecule is CNC(=O)C1CCCN1S(=O)(=O)c1ccc2ccccc2c1. The average Bonchev–Trinajstić information content (AvgIpc) is 3.04. The summed E-state index contributed by atoms with van der Waals surface area (Å²) in [5, 5.41) is 4.41. The zero-order chi connectivity index (χ0) is 15.7. The fourth-order valence-electron chi connectivity index (χ4n) is 2.92. The summed E-state index contributed by atoms with van der Waals surface area (Å²) in [6, 6.07) is 12.1. The van der Waals surface area contributed by atoms with Crippen molar-refractivity contribution < 1.29 is 13.2 Å². The first-order valence-corrected chi connectivity index (χ1v) is 8.70. The topological polar surface area (TPSA) is 66.5 Å². The first-order chi connectivity index (χ1) is 10.5. The lowest BCUT2D eigenvalue weighted by Gasteiger charge is -2.22. The molecule has 2 aromatic rings. The van der Waals surface area contributed by atoms with Gasteiger partial charge in [-0.15, -0.1) is 0 Å². The minimum Gasteiger partial charge on any atom is -0.358 e. The van der Waals surface area contributed by atoms with Crippen molar-refractivity contribution in [2.45, 2.75) is 23.8 Å². The van der Waals surface area contributed by atoms with E-state index >= 15 is 0 Å². The van der Waals surface area contributed by atoms with Crippen LogP contribution in [0, 0.1) is 0 Å². The van der Waals surface area contributed by atoms with Gasteiger partial charge >= 0.3 is 0 Å². The number of sulfonamides is 1. The molecule has 2 aromatic carbocycles. The molecule has 1 amide bonds. The van der Waals surface area contributed by atoms with E-state index in [1.807, 2.05) is 24.3 Å². The molecule has 1 heterocycles. The molecule has 1 N–H and O–H groups in total. The van der Waals surface area contributed by atoms with Gasteiger partial charge in [0.05, 0.1) is 4.90 Å². The van der Waals surface area contributed by atoms with Crippen molar-refractivity contribution in [3.05, 3.63) is 42.5 Å². The maximum atomic E-state index is 12.9. The molecule has 116 valence electrons. The quantitative estimate of drug-likeness (QED) is 0.937.